The van der Waals surface area contributed by atoms with Gasteiger partial charge in [0, 0.05) is 18.3 Å². The minimum atomic E-state index is -0.718. The summed E-state index contributed by atoms with van der Waals surface area (Å²) < 4.78 is 11.7. The molecule has 184 valence electrons. The molecule has 1 aliphatic carbocycles. The first-order valence-electron chi connectivity index (χ1n) is 11.9. The van der Waals surface area contributed by atoms with Gasteiger partial charge in [0.05, 0.1) is 42.6 Å². The maximum Gasteiger partial charge on any atom is 0.263 e. The first-order valence-corrected chi connectivity index (χ1v) is 12.8. The number of carbonyl (C=O) groups excluding carboxylic acids is 1. The molecule has 35 heavy (non-hydrogen) atoms. The summed E-state index contributed by atoms with van der Waals surface area (Å²) in [7, 11) is 0. The Bertz CT molecular complexity index is 1320. The Morgan fingerprint density at radius 1 is 1.23 bits per heavy atom. The zero-order valence-electron chi connectivity index (χ0n) is 19.8. The van der Waals surface area contributed by atoms with Crippen LogP contribution >= 0.6 is 11.3 Å². The average molecular weight is 496 g/mol. The second-order valence-electron chi connectivity index (χ2n) is 9.57. The van der Waals surface area contributed by atoms with Crippen LogP contribution in [0.3, 0.4) is 0 Å². The van der Waals surface area contributed by atoms with Crippen LogP contribution in [0.15, 0.2) is 12.1 Å². The Morgan fingerprint density at radius 2 is 2.03 bits per heavy atom. The highest BCUT2D eigenvalue weighted by atomic mass is 32.1. The number of anilines is 2. The largest absolute Gasteiger partial charge is 0.397 e. The van der Waals surface area contributed by atoms with E-state index in [1.807, 2.05) is 19.9 Å². The van der Waals surface area contributed by atoms with E-state index >= 15 is 0 Å². The van der Waals surface area contributed by atoms with Gasteiger partial charge < -0.3 is 31.2 Å². The van der Waals surface area contributed by atoms with Crippen LogP contribution in [0.5, 0.6) is 0 Å². The predicted octanol–water partition coefficient (Wildman–Crippen LogP) is 1.46. The fourth-order valence-corrected chi connectivity index (χ4v) is 6.52. The van der Waals surface area contributed by atoms with Crippen molar-refractivity contribution in [2.75, 3.05) is 36.9 Å². The lowest BCUT2D eigenvalue weighted by molar-refractivity contribution is -0.147. The number of carbonyl (C=O) groups is 1. The lowest BCUT2D eigenvalue weighted by Gasteiger charge is -2.27. The second kappa shape index (κ2) is 8.37. The minimum absolute atomic E-state index is 0.0185. The number of hydrogen-bond acceptors (Lipinski definition) is 10. The highest BCUT2D eigenvalue weighted by Gasteiger charge is 2.50. The van der Waals surface area contributed by atoms with Gasteiger partial charge >= 0.3 is 0 Å². The molecule has 3 aliphatic rings. The molecule has 1 amide bonds. The quantitative estimate of drug-likeness (QED) is 0.492. The molecule has 2 saturated heterocycles. The molecule has 5 heterocycles. The van der Waals surface area contributed by atoms with Gasteiger partial charge in [-0.1, -0.05) is 6.07 Å². The van der Waals surface area contributed by atoms with Crippen LogP contribution in [-0.4, -0.2) is 65.0 Å². The van der Waals surface area contributed by atoms with Gasteiger partial charge in [0.25, 0.3) is 5.91 Å². The summed E-state index contributed by atoms with van der Waals surface area (Å²) in [5.41, 5.74) is 16.1. The molecular weight excluding hydrogens is 466 g/mol. The summed E-state index contributed by atoms with van der Waals surface area (Å²) >= 11 is 1.32. The number of amides is 1. The number of hydrogen-bond donors (Lipinski definition) is 3. The molecule has 0 aromatic carbocycles. The van der Waals surface area contributed by atoms with Gasteiger partial charge in [-0.3, -0.25) is 4.79 Å². The van der Waals surface area contributed by atoms with E-state index < -0.39 is 5.79 Å². The molecule has 2 unspecified atom stereocenters. The van der Waals surface area contributed by atoms with Crippen molar-refractivity contribution < 1.29 is 14.3 Å². The van der Waals surface area contributed by atoms with Crippen molar-refractivity contribution in [2.24, 2.45) is 5.73 Å². The van der Waals surface area contributed by atoms with Crippen LogP contribution in [0.25, 0.3) is 10.2 Å². The van der Waals surface area contributed by atoms with E-state index in [9.17, 15) is 4.79 Å². The summed E-state index contributed by atoms with van der Waals surface area (Å²) in [5.74, 6) is 0.689. The number of nitrogens with two attached hydrogens (primary N) is 2. The number of ether oxygens (including phenoxy) is 2. The third-order valence-corrected chi connectivity index (χ3v) is 8.26. The summed E-state index contributed by atoms with van der Waals surface area (Å²) in [4.78, 5) is 30.3. The molecule has 11 heteroatoms. The van der Waals surface area contributed by atoms with E-state index in [4.69, 9.17) is 25.9 Å². The number of aromatic nitrogens is 3. The Balaban J connectivity index is 1.16. The van der Waals surface area contributed by atoms with Crippen molar-refractivity contribution in [3.05, 3.63) is 39.8 Å². The summed E-state index contributed by atoms with van der Waals surface area (Å²) in [6.45, 7) is 6.11. The van der Waals surface area contributed by atoms with Crippen molar-refractivity contribution in [3.63, 3.8) is 0 Å². The molecule has 0 radical (unpaired) electrons. The second-order valence-corrected chi connectivity index (χ2v) is 10.6. The highest BCUT2D eigenvalue weighted by molar-refractivity contribution is 7.21. The zero-order chi connectivity index (χ0) is 24.3. The van der Waals surface area contributed by atoms with Crippen molar-refractivity contribution in [3.8, 4) is 0 Å². The molecule has 3 aromatic rings. The van der Waals surface area contributed by atoms with E-state index in [1.165, 1.54) is 11.3 Å². The molecule has 3 aromatic heterocycles. The third kappa shape index (κ3) is 3.83. The van der Waals surface area contributed by atoms with Crippen LogP contribution < -0.4 is 21.7 Å². The van der Waals surface area contributed by atoms with Crippen LogP contribution in [-0.2, 0) is 22.3 Å². The Kier molecular flexibility index (Phi) is 5.40. The normalized spacial score (nSPS) is 23.2. The lowest BCUT2D eigenvalue weighted by atomic mass is 9.91. The standard InChI is InChI=1S/C24H29N7O3S/c1-12-19-20(26)21(35-23(19)28-13(2)27-12)22(32)29-15-4-5-16-14(9-15)3-6-18(30-16)31-10-17(25)24(11-31)33-7-8-34-24/h3,6,15,17H,4-5,7-11,25-26H2,1-2H3,(H,29,32). The Labute approximate surface area is 207 Å². The molecule has 2 aliphatic heterocycles. The molecule has 6 rings (SSSR count). The van der Waals surface area contributed by atoms with E-state index in [-0.39, 0.29) is 18.0 Å². The van der Waals surface area contributed by atoms with Crippen molar-refractivity contribution in [2.45, 2.75) is 51.0 Å². The van der Waals surface area contributed by atoms with Crippen molar-refractivity contribution in [1.29, 1.82) is 0 Å². The SMILES string of the molecule is Cc1nc(C)c2c(N)c(C(=O)NC3CCc4nc(N5CC(N)C6(C5)OCCO6)ccc4C3)sc2n1. The number of rotatable bonds is 3. The number of nitrogen functional groups attached to an aromatic ring is 1. The molecular formula is C24H29N7O3S. The molecule has 5 N–H and O–H groups in total. The summed E-state index contributed by atoms with van der Waals surface area (Å²) in [5, 5.41) is 3.95. The van der Waals surface area contributed by atoms with Crippen LogP contribution in [0.4, 0.5) is 11.5 Å². The highest BCUT2D eigenvalue weighted by Crippen LogP contribution is 2.35. The van der Waals surface area contributed by atoms with Crippen molar-refractivity contribution >= 4 is 39.0 Å². The average Bonchev–Trinajstić information content (AvgIpc) is 3.52. The molecule has 2 atom stereocenters. The Hall–Kier alpha value is -2.86. The van der Waals surface area contributed by atoms with E-state index in [0.29, 0.717) is 42.7 Å². The molecule has 0 saturated carbocycles. The molecule has 2 fully saturated rings. The van der Waals surface area contributed by atoms with Crippen LogP contribution in [0.2, 0.25) is 0 Å². The first-order chi connectivity index (χ1) is 16.8. The van der Waals surface area contributed by atoms with E-state index in [2.05, 4.69) is 26.3 Å². The van der Waals surface area contributed by atoms with Gasteiger partial charge in [-0.25, -0.2) is 15.0 Å². The van der Waals surface area contributed by atoms with Gasteiger partial charge in [-0.2, -0.15) is 0 Å². The summed E-state index contributed by atoms with van der Waals surface area (Å²) in [6.07, 6.45) is 2.33. The topological polar surface area (TPSA) is 142 Å². The number of nitrogens with zero attached hydrogens (tertiary/aromatic N) is 4. The monoisotopic (exact) mass is 495 g/mol. The van der Waals surface area contributed by atoms with Crippen LogP contribution in [0, 0.1) is 13.8 Å². The third-order valence-electron chi connectivity index (χ3n) is 7.17. The van der Waals surface area contributed by atoms with Gasteiger partial charge in [0.1, 0.15) is 21.3 Å². The van der Waals surface area contributed by atoms with Crippen LogP contribution in [0.1, 0.15) is 38.9 Å². The number of nitrogens with one attached hydrogen (secondary N) is 1. The van der Waals surface area contributed by atoms with Crippen molar-refractivity contribution in [1.82, 2.24) is 20.3 Å². The lowest BCUT2D eigenvalue weighted by Crippen LogP contribution is -2.47. The zero-order valence-corrected chi connectivity index (χ0v) is 20.7. The maximum atomic E-state index is 13.1. The molecule has 0 bridgehead atoms. The molecule has 10 nitrogen and oxygen atoms in total. The number of aryl methyl sites for hydroxylation is 3. The van der Waals surface area contributed by atoms with Gasteiger partial charge in [-0.15, -0.1) is 11.3 Å². The molecule has 1 spiro atoms. The maximum absolute atomic E-state index is 13.1. The minimum Gasteiger partial charge on any atom is -0.397 e. The number of fused-ring (bicyclic) bond motifs is 2. The number of pyridine rings is 1. The predicted molar refractivity (Wildman–Crippen MR) is 134 cm³/mol. The smallest absolute Gasteiger partial charge is 0.263 e. The first kappa shape index (κ1) is 22.6. The van der Waals surface area contributed by atoms with Gasteiger partial charge in [-0.05, 0) is 44.7 Å². The van der Waals surface area contributed by atoms with Gasteiger partial charge in [0.2, 0.25) is 5.79 Å². The fraction of sp³-hybridized carbons (Fsp3) is 0.500. The fourth-order valence-electron chi connectivity index (χ4n) is 5.42. The van der Waals surface area contributed by atoms with E-state index in [0.717, 1.165) is 52.2 Å². The summed E-state index contributed by atoms with van der Waals surface area (Å²) in [6, 6.07) is 3.95. The Morgan fingerprint density at radius 3 is 2.83 bits per heavy atom. The van der Waals surface area contributed by atoms with E-state index in [1.54, 1.807) is 0 Å². The van der Waals surface area contributed by atoms with Gasteiger partial charge in [0.15, 0.2) is 0 Å². The number of thiophene rings is 1.